The molecule has 4 heteroatoms. The molecule has 0 atom stereocenters. The summed E-state index contributed by atoms with van der Waals surface area (Å²) in [6.07, 6.45) is 3.45. The Balaban J connectivity index is 2.22. The van der Waals surface area contributed by atoms with Crippen LogP contribution in [0.4, 0.5) is 0 Å². The van der Waals surface area contributed by atoms with E-state index in [1.807, 2.05) is 4.57 Å². The van der Waals surface area contributed by atoms with Crippen LogP contribution >= 0.6 is 11.3 Å². The van der Waals surface area contributed by atoms with Crippen LogP contribution in [0.3, 0.4) is 0 Å². The molecule has 3 nitrogen and oxygen atoms in total. The van der Waals surface area contributed by atoms with Gasteiger partial charge in [0.05, 0.1) is 24.8 Å². The molecule has 2 aromatic heterocycles. The highest BCUT2D eigenvalue weighted by molar-refractivity contribution is 7.08. The van der Waals surface area contributed by atoms with Gasteiger partial charge in [-0.3, -0.25) is 0 Å². The SMILES string of the molecule is Cc1cscc1Cn1cncc1CO. The Morgan fingerprint density at radius 2 is 2.36 bits per heavy atom. The molecule has 14 heavy (non-hydrogen) atoms. The Bertz CT molecular complexity index is 419. The van der Waals surface area contributed by atoms with Crippen molar-refractivity contribution in [1.82, 2.24) is 9.55 Å². The number of aryl methyl sites for hydroxylation is 1. The molecule has 0 amide bonds. The normalized spacial score (nSPS) is 10.7. The molecule has 2 aromatic rings. The van der Waals surface area contributed by atoms with E-state index in [-0.39, 0.29) is 6.61 Å². The molecule has 0 aliphatic rings. The molecule has 0 fully saturated rings. The smallest absolute Gasteiger partial charge is 0.0952 e. The van der Waals surface area contributed by atoms with Crippen LogP contribution in [0.1, 0.15) is 16.8 Å². The van der Waals surface area contributed by atoms with Crippen molar-refractivity contribution in [2.45, 2.75) is 20.1 Å². The van der Waals surface area contributed by atoms with Crippen LogP contribution in [0.15, 0.2) is 23.3 Å². The molecule has 0 radical (unpaired) electrons. The molecule has 0 saturated heterocycles. The second-order valence-electron chi connectivity index (χ2n) is 3.25. The summed E-state index contributed by atoms with van der Waals surface area (Å²) >= 11 is 1.71. The summed E-state index contributed by atoms with van der Waals surface area (Å²) in [6, 6.07) is 0. The third-order valence-electron chi connectivity index (χ3n) is 2.26. The molecule has 0 unspecified atom stereocenters. The molecule has 74 valence electrons. The summed E-state index contributed by atoms with van der Waals surface area (Å²) in [7, 11) is 0. The lowest BCUT2D eigenvalue weighted by Crippen LogP contribution is -2.02. The first-order valence-corrected chi connectivity index (χ1v) is 5.37. The Hall–Kier alpha value is -1.13. The van der Waals surface area contributed by atoms with Gasteiger partial charge in [-0.25, -0.2) is 4.98 Å². The van der Waals surface area contributed by atoms with Crippen molar-refractivity contribution >= 4 is 11.3 Å². The average molecular weight is 208 g/mol. The number of aromatic nitrogens is 2. The fourth-order valence-corrected chi connectivity index (χ4v) is 2.20. The van der Waals surface area contributed by atoms with Gasteiger partial charge in [-0.1, -0.05) is 0 Å². The third kappa shape index (κ3) is 1.71. The minimum Gasteiger partial charge on any atom is -0.390 e. The molecule has 1 N–H and O–H groups in total. The fraction of sp³-hybridized carbons (Fsp3) is 0.300. The standard InChI is InChI=1S/C10H12N2OS/c1-8-5-14-6-9(8)3-12-7-11-2-10(12)4-13/h2,5-7,13H,3-4H2,1H3. The minimum absolute atomic E-state index is 0.0448. The van der Waals surface area contributed by atoms with Gasteiger partial charge in [-0.2, -0.15) is 11.3 Å². The second-order valence-corrected chi connectivity index (χ2v) is 3.99. The van der Waals surface area contributed by atoms with Crippen LogP contribution in [-0.4, -0.2) is 14.7 Å². The van der Waals surface area contributed by atoms with Crippen molar-refractivity contribution < 1.29 is 5.11 Å². The summed E-state index contributed by atoms with van der Waals surface area (Å²) in [6.45, 7) is 2.94. The van der Waals surface area contributed by atoms with Gasteiger partial charge < -0.3 is 9.67 Å². The topological polar surface area (TPSA) is 38.0 Å². The molecule has 2 heterocycles. The van der Waals surface area contributed by atoms with Crippen LogP contribution in [0.25, 0.3) is 0 Å². The number of imidazole rings is 1. The summed E-state index contributed by atoms with van der Waals surface area (Å²) in [5.41, 5.74) is 3.45. The van der Waals surface area contributed by atoms with E-state index in [1.165, 1.54) is 11.1 Å². The Labute approximate surface area is 86.7 Å². The maximum atomic E-state index is 9.05. The number of aliphatic hydroxyl groups excluding tert-OH is 1. The van der Waals surface area contributed by atoms with Crippen molar-refractivity contribution in [2.24, 2.45) is 0 Å². The van der Waals surface area contributed by atoms with E-state index in [4.69, 9.17) is 5.11 Å². The van der Waals surface area contributed by atoms with E-state index in [1.54, 1.807) is 23.9 Å². The van der Waals surface area contributed by atoms with E-state index >= 15 is 0 Å². The Morgan fingerprint density at radius 1 is 1.50 bits per heavy atom. The quantitative estimate of drug-likeness (QED) is 0.835. The first-order chi connectivity index (χ1) is 6.81. The highest BCUT2D eigenvalue weighted by Crippen LogP contribution is 2.15. The molecule has 2 rings (SSSR count). The number of rotatable bonds is 3. The largest absolute Gasteiger partial charge is 0.390 e. The maximum absolute atomic E-state index is 9.05. The Morgan fingerprint density at radius 3 is 3.00 bits per heavy atom. The van der Waals surface area contributed by atoms with Crippen LogP contribution < -0.4 is 0 Å². The first kappa shape index (κ1) is 9.43. The third-order valence-corrected chi connectivity index (χ3v) is 3.17. The molecule has 0 aliphatic carbocycles. The van der Waals surface area contributed by atoms with Crippen LogP contribution in [-0.2, 0) is 13.2 Å². The summed E-state index contributed by atoms with van der Waals surface area (Å²) in [5.74, 6) is 0. The lowest BCUT2D eigenvalue weighted by atomic mass is 10.2. The van der Waals surface area contributed by atoms with Gasteiger partial charge in [0.2, 0.25) is 0 Å². The van der Waals surface area contributed by atoms with E-state index in [0.29, 0.717) is 0 Å². The van der Waals surface area contributed by atoms with Crippen molar-refractivity contribution in [2.75, 3.05) is 0 Å². The van der Waals surface area contributed by atoms with Gasteiger partial charge in [-0.05, 0) is 28.8 Å². The van der Waals surface area contributed by atoms with Crippen LogP contribution in [0.5, 0.6) is 0 Å². The van der Waals surface area contributed by atoms with E-state index in [2.05, 4.69) is 22.7 Å². The van der Waals surface area contributed by atoms with E-state index in [0.717, 1.165) is 12.2 Å². The zero-order chi connectivity index (χ0) is 9.97. The van der Waals surface area contributed by atoms with E-state index < -0.39 is 0 Å². The monoisotopic (exact) mass is 208 g/mol. The van der Waals surface area contributed by atoms with Gasteiger partial charge >= 0.3 is 0 Å². The zero-order valence-electron chi connectivity index (χ0n) is 7.97. The summed E-state index contributed by atoms with van der Waals surface area (Å²) in [5, 5.41) is 13.3. The average Bonchev–Trinajstić information content (AvgIpc) is 2.77. The molecule has 0 bridgehead atoms. The predicted molar refractivity (Wildman–Crippen MR) is 56.3 cm³/mol. The highest BCUT2D eigenvalue weighted by Gasteiger charge is 2.04. The van der Waals surface area contributed by atoms with Crippen molar-refractivity contribution in [1.29, 1.82) is 0 Å². The fourth-order valence-electron chi connectivity index (χ4n) is 1.35. The molecule has 0 aliphatic heterocycles. The number of hydrogen-bond donors (Lipinski definition) is 1. The Kier molecular flexibility index (Phi) is 2.65. The van der Waals surface area contributed by atoms with Crippen molar-refractivity contribution in [3.63, 3.8) is 0 Å². The van der Waals surface area contributed by atoms with Gasteiger partial charge in [0.1, 0.15) is 0 Å². The summed E-state index contributed by atoms with van der Waals surface area (Å²) < 4.78 is 1.97. The number of thiophene rings is 1. The van der Waals surface area contributed by atoms with Crippen molar-refractivity contribution in [3.8, 4) is 0 Å². The van der Waals surface area contributed by atoms with Crippen molar-refractivity contribution in [3.05, 3.63) is 40.1 Å². The van der Waals surface area contributed by atoms with Gasteiger partial charge in [-0.15, -0.1) is 0 Å². The van der Waals surface area contributed by atoms with Gasteiger partial charge in [0, 0.05) is 6.54 Å². The molecular formula is C10H12N2OS. The molecule has 0 spiro atoms. The zero-order valence-corrected chi connectivity index (χ0v) is 8.79. The highest BCUT2D eigenvalue weighted by atomic mass is 32.1. The van der Waals surface area contributed by atoms with Crippen LogP contribution in [0, 0.1) is 6.92 Å². The number of hydrogen-bond acceptors (Lipinski definition) is 3. The number of nitrogens with zero attached hydrogens (tertiary/aromatic N) is 2. The molecule has 0 aromatic carbocycles. The maximum Gasteiger partial charge on any atom is 0.0952 e. The van der Waals surface area contributed by atoms with Gasteiger partial charge in [0.25, 0.3) is 0 Å². The molecular weight excluding hydrogens is 196 g/mol. The lowest BCUT2D eigenvalue weighted by Gasteiger charge is -2.05. The van der Waals surface area contributed by atoms with E-state index in [9.17, 15) is 0 Å². The minimum atomic E-state index is 0.0448. The lowest BCUT2D eigenvalue weighted by molar-refractivity contribution is 0.271. The van der Waals surface area contributed by atoms with Gasteiger partial charge in [0.15, 0.2) is 0 Å². The van der Waals surface area contributed by atoms with Crippen LogP contribution in [0.2, 0.25) is 0 Å². The number of aliphatic hydroxyl groups is 1. The first-order valence-electron chi connectivity index (χ1n) is 4.43. The summed E-state index contributed by atoms with van der Waals surface area (Å²) in [4.78, 5) is 4.01. The molecule has 0 saturated carbocycles. The second kappa shape index (κ2) is 3.94. The predicted octanol–water partition coefficient (Wildman–Crippen LogP) is 1.79.